The van der Waals surface area contributed by atoms with Gasteiger partial charge in [-0.2, -0.15) is 0 Å². The highest BCUT2D eigenvalue weighted by molar-refractivity contribution is 5.89. The van der Waals surface area contributed by atoms with Crippen molar-refractivity contribution < 1.29 is 33.3 Å². The van der Waals surface area contributed by atoms with E-state index in [1.165, 1.54) is 13.8 Å². The van der Waals surface area contributed by atoms with Gasteiger partial charge in [0.05, 0.1) is 5.57 Å². The summed E-state index contributed by atoms with van der Waals surface area (Å²) in [5.74, 6) is -1.49. The van der Waals surface area contributed by atoms with Crippen LogP contribution in [-0.2, 0) is 33.3 Å². The van der Waals surface area contributed by atoms with E-state index in [2.05, 4.69) is 0 Å². The van der Waals surface area contributed by atoms with Gasteiger partial charge in [-0.1, -0.05) is 6.08 Å². The Morgan fingerprint density at radius 1 is 1.22 bits per heavy atom. The highest BCUT2D eigenvalue weighted by atomic mass is 16.7. The summed E-state index contributed by atoms with van der Waals surface area (Å²) in [6.45, 7) is 2.44. The van der Waals surface area contributed by atoms with E-state index in [4.69, 9.17) is 18.9 Å². The molecule has 0 saturated carbocycles. The summed E-state index contributed by atoms with van der Waals surface area (Å²) in [4.78, 5) is 36.4. The molecule has 8 heteroatoms. The molecule has 0 aromatic heterocycles. The van der Waals surface area contributed by atoms with E-state index in [9.17, 15) is 14.4 Å². The van der Waals surface area contributed by atoms with Crippen LogP contribution < -0.4 is 0 Å². The van der Waals surface area contributed by atoms with E-state index in [1.807, 2.05) is 0 Å². The molecule has 0 unspecified atom stereocenters. The lowest BCUT2D eigenvalue weighted by Crippen LogP contribution is -2.45. The topological polar surface area (TPSA) is 91.4 Å². The number of cyclic esters (lactones) is 1. The first-order valence-corrected chi connectivity index (χ1v) is 7.27. The molecule has 0 amide bonds. The van der Waals surface area contributed by atoms with Crippen molar-refractivity contribution >= 4 is 17.9 Å². The van der Waals surface area contributed by atoms with Gasteiger partial charge in [0.1, 0.15) is 12.7 Å². The fraction of sp³-hybridized carbons (Fsp3) is 0.533. The molecular formula is C15H17NO7. The number of ether oxygens (including phenoxy) is 4. The van der Waals surface area contributed by atoms with Crippen LogP contribution in [0.1, 0.15) is 20.3 Å². The molecule has 3 aliphatic heterocycles. The quantitative estimate of drug-likeness (QED) is 0.527. The molecule has 0 aromatic rings. The molecule has 1 saturated heterocycles. The summed E-state index contributed by atoms with van der Waals surface area (Å²) in [6.07, 6.45) is 2.49. The minimum atomic E-state index is -0.848. The number of nitrogens with zero attached hydrogens (tertiary/aromatic N) is 1. The van der Waals surface area contributed by atoms with E-state index in [0.717, 1.165) is 0 Å². The van der Waals surface area contributed by atoms with Crippen molar-refractivity contribution in [2.24, 2.45) is 0 Å². The Labute approximate surface area is 132 Å². The van der Waals surface area contributed by atoms with E-state index in [1.54, 1.807) is 23.4 Å². The lowest BCUT2D eigenvalue weighted by molar-refractivity contribution is -0.167. The van der Waals surface area contributed by atoms with Crippen molar-refractivity contribution in [3.8, 4) is 0 Å². The second-order valence-corrected chi connectivity index (χ2v) is 5.50. The molecule has 8 nitrogen and oxygen atoms in total. The first kappa shape index (κ1) is 15.5. The van der Waals surface area contributed by atoms with Gasteiger partial charge in [-0.15, -0.1) is 0 Å². The summed E-state index contributed by atoms with van der Waals surface area (Å²) in [5, 5.41) is 0. The molecule has 4 atom stereocenters. The molecule has 124 valence electrons. The van der Waals surface area contributed by atoms with Crippen molar-refractivity contribution in [1.29, 1.82) is 0 Å². The Balaban J connectivity index is 1.95. The number of fused-ring (bicyclic) bond motifs is 4. The van der Waals surface area contributed by atoms with Crippen molar-refractivity contribution in [2.45, 2.75) is 44.8 Å². The lowest BCUT2D eigenvalue weighted by Gasteiger charge is -2.30. The predicted octanol–water partition coefficient (Wildman–Crippen LogP) is 0.235. The van der Waals surface area contributed by atoms with Crippen LogP contribution >= 0.6 is 0 Å². The normalized spacial score (nSPS) is 32.2. The van der Waals surface area contributed by atoms with Gasteiger partial charge in [0.25, 0.3) is 0 Å². The van der Waals surface area contributed by atoms with Crippen LogP contribution in [0.4, 0.5) is 0 Å². The monoisotopic (exact) mass is 323 g/mol. The van der Waals surface area contributed by atoms with Gasteiger partial charge < -0.3 is 23.8 Å². The molecule has 1 fully saturated rings. The van der Waals surface area contributed by atoms with Crippen LogP contribution in [0.5, 0.6) is 0 Å². The van der Waals surface area contributed by atoms with Crippen molar-refractivity contribution in [3.05, 3.63) is 24.0 Å². The number of esters is 3. The van der Waals surface area contributed by atoms with Gasteiger partial charge in [-0.3, -0.25) is 9.59 Å². The number of carbonyl (C=O) groups is 3. The second-order valence-electron chi connectivity index (χ2n) is 5.50. The summed E-state index contributed by atoms with van der Waals surface area (Å²) in [5.41, 5.74) is 0.481. The second kappa shape index (κ2) is 6.04. The van der Waals surface area contributed by atoms with E-state index in [-0.39, 0.29) is 6.61 Å². The van der Waals surface area contributed by atoms with Crippen LogP contribution in [-0.4, -0.2) is 54.0 Å². The van der Waals surface area contributed by atoms with E-state index in [0.29, 0.717) is 12.0 Å². The number of carbonyl (C=O) groups excluding carboxylic acids is 3. The SMILES string of the molecule is CC(=O)O[C@@H]1[C@H](OC(C)=O)[C@H]2COC(=O)C3=CN(C=CC3)[C@@H]1O2. The maximum Gasteiger partial charge on any atom is 0.335 e. The van der Waals surface area contributed by atoms with Crippen molar-refractivity contribution in [2.75, 3.05) is 6.61 Å². The van der Waals surface area contributed by atoms with Crippen LogP contribution in [0.3, 0.4) is 0 Å². The van der Waals surface area contributed by atoms with Crippen LogP contribution in [0.25, 0.3) is 0 Å². The fourth-order valence-electron chi connectivity index (χ4n) is 2.86. The zero-order valence-electron chi connectivity index (χ0n) is 12.8. The average Bonchev–Trinajstić information content (AvgIpc) is 2.82. The molecule has 0 aliphatic carbocycles. The zero-order valence-corrected chi connectivity index (χ0v) is 12.8. The van der Waals surface area contributed by atoms with Crippen molar-refractivity contribution in [1.82, 2.24) is 4.90 Å². The first-order valence-electron chi connectivity index (χ1n) is 7.27. The Kier molecular flexibility index (Phi) is 4.08. The molecule has 0 spiro atoms. The molecular weight excluding hydrogens is 306 g/mol. The average molecular weight is 323 g/mol. The van der Waals surface area contributed by atoms with E-state index >= 15 is 0 Å². The molecule has 3 rings (SSSR count). The number of hydrogen-bond donors (Lipinski definition) is 0. The highest BCUT2D eigenvalue weighted by Gasteiger charge is 2.52. The van der Waals surface area contributed by atoms with Gasteiger partial charge in [-0.05, 0) is 0 Å². The standard InChI is InChI=1S/C15H17NO7/c1-8(17)21-12-11-7-20-15(19)10-4-3-5-16(6-10)14(23-11)13(12)22-9(2)18/h3,5-6,11-14H,4,7H2,1-2H3/t11-,12-,13-,14-/m1/s1. The summed E-state index contributed by atoms with van der Waals surface area (Å²) < 4.78 is 21.6. The number of hydrogen-bond acceptors (Lipinski definition) is 8. The van der Waals surface area contributed by atoms with Gasteiger partial charge in [0.15, 0.2) is 18.4 Å². The first-order chi connectivity index (χ1) is 11.0. The largest absolute Gasteiger partial charge is 0.459 e. The Morgan fingerprint density at radius 3 is 2.61 bits per heavy atom. The molecule has 0 N–H and O–H groups in total. The summed E-state index contributed by atoms with van der Waals surface area (Å²) in [6, 6.07) is 0. The Hall–Kier alpha value is -2.35. The minimum absolute atomic E-state index is 0.0871. The smallest absolute Gasteiger partial charge is 0.335 e. The van der Waals surface area contributed by atoms with Gasteiger partial charge in [-0.25, -0.2) is 4.79 Å². The van der Waals surface area contributed by atoms with E-state index < -0.39 is 42.4 Å². The maximum atomic E-state index is 12.0. The number of rotatable bonds is 2. The minimum Gasteiger partial charge on any atom is -0.459 e. The third-order valence-corrected chi connectivity index (χ3v) is 3.74. The van der Waals surface area contributed by atoms with Crippen LogP contribution in [0.15, 0.2) is 24.0 Å². The molecule has 0 radical (unpaired) electrons. The molecule has 4 bridgehead atoms. The van der Waals surface area contributed by atoms with Gasteiger partial charge in [0, 0.05) is 32.7 Å². The fourth-order valence-corrected chi connectivity index (χ4v) is 2.86. The molecule has 0 aromatic carbocycles. The maximum absolute atomic E-state index is 12.0. The number of allylic oxidation sites excluding steroid dienone is 1. The zero-order chi connectivity index (χ0) is 16.6. The molecule has 3 heterocycles. The Bertz CT molecular complexity index is 597. The third-order valence-electron chi connectivity index (χ3n) is 3.74. The Morgan fingerprint density at radius 2 is 1.91 bits per heavy atom. The summed E-state index contributed by atoms with van der Waals surface area (Å²) >= 11 is 0. The lowest BCUT2D eigenvalue weighted by atomic mass is 10.1. The van der Waals surface area contributed by atoms with Crippen LogP contribution in [0.2, 0.25) is 0 Å². The third kappa shape index (κ3) is 3.07. The van der Waals surface area contributed by atoms with Gasteiger partial charge in [0.2, 0.25) is 0 Å². The van der Waals surface area contributed by atoms with Crippen molar-refractivity contribution in [3.63, 3.8) is 0 Å². The molecule has 23 heavy (non-hydrogen) atoms. The van der Waals surface area contributed by atoms with Crippen LogP contribution in [0, 0.1) is 0 Å². The predicted molar refractivity (Wildman–Crippen MR) is 74.4 cm³/mol. The molecule has 3 aliphatic rings. The summed E-state index contributed by atoms with van der Waals surface area (Å²) in [7, 11) is 0. The highest BCUT2D eigenvalue weighted by Crippen LogP contribution is 2.33. The van der Waals surface area contributed by atoms with Gasteiger partial charge >= 0.3 is 17.9 Å².